The average molecular weight is 226 g/mol. The standard InChI is InChI=1S/C14H30N2/c1-13(2,3)8-12(10-15)16-11-6-7-14(4,5)9-11/h11-12,16H,6-10,15H2,1-5H3. The van der Waals surface area contributed by atoms with Crippen molar-refractivity contribution in [3.8, 4) is 0 Å². The van der Waals surface area contributed by atoms with Gasteiger partial charge in [0.05, 0.1) is 0 Å². The number of nitrogens with two attached hydrogens (primary N) is 1. The summed E-state index contributed by atoms with van der Waals surface area (Å²) in [6.07, 6.45) is 5.12. The number of hydrogen-bond acceptors (Lipinski definition) is 2. The first-order valence-corrected chi connectivity index (χ1v) is 6.68. The van der Waals surface area contributed by atoms with Crippen LogP contribution in [0.1, 0.15) is 60.3 Å². The van der Waals surface area contributed by atoms with Crippen molar-refractivity contribution in [2.45, 2.75) is 72.4 Å². The molecule has 16 heavy (non-hydrogen) atoms. The molecular formula is C14H30N2. The maximum absolute atomic E-state index is 5.86. The van der Waals surface area contributed by atoms with Gasteiger partial charge in [0, 0.05) is 18.6 Å². The lowest BCUT2D eigenvalue weighted by Crippen LogP contribution is -2.44. The van der Waals surface area contributed by atoms with Crippen LogP contribution in [0.15, 0.2) is 0 Å². The lowest BCUT2D eigenvalue weighted by molar-refractivity contribution is 0.284. The van der Waals surface area contributed by atoms with E-state index in [0.29, 0.717) is 22.9 Å². The van der Waals surface area contributed by atoms with Crippen LogP contribution in [0.3, 0.4) is 0 Å². The molecule has 0 aromatic carbocycles. The Balaban J connectivity index is 2.40. The second-order valence-corrected chi connectivity index (χ2v) is 7.47. The van der Waals surface area contributed by atoms with Crippen molar-refractivity contribution in [2.24, 2.45) is 16.6 Å². The van der Waals surface area contributed by atoms with Crippen molar-refractivity contribution in [1.82, 2.24) is 5.32 Å². The maximum atomic E-state index is 5.86. The Kier molecular flexibility index (Phi) is 4.42. The predicted octanol–water partition coefficient (Wildman–Crippen LogP) is 2.92. The monoisotopic (exact) mass is 226 g/mol. The molecule has 0 saturated heterocycles. The van der Waals surface area contributed by atoms with E-state index in [1.165, 1.54) is 25.7 Å². The third kappa shape index (κ3) is 4.84. The lowest BCUT2D eigenvalue weighted by atomic mass is 9.87. The van der Waals surface area contributed by atoms with E-state index < -0.39 is 0 Å². The van der Waals surface area contributed by atoms with E-state index in [1.807, 2.05) is 0 Å². The summed E-state index contributed by atoms with van der Waals surface area (Å²) in [6.45, 7) is 12.4. The van der Waals surface area contributed by atoms with E-state index >= 15 is 0 Å². The fourth-order valence-electron chi connectivity index (χ4n) is 2.86. The van der Waals surface area contributed by atoms with Crippen LogP contribution in [0.4, 0.5) is 0 Å². The van der Waals surface area contributed by atoms with E-state index in [-0.39, 0.29) is 0 Å². The normalized spacial score (nSPS) is 27.0. The SMILES string of the molecule is CC(C)(C)CC(CN)NC1CCC(C)(C)C1. The molecule has 2 nitrogen and oxygen atoms in total. The summed E-state index contributed by atoms with van der Waals surface area (Å²) in [6, 6.07) is 1.17. The van der Waals surface area contributed by atoms with Gasteiger partial charge in [-0.25, -0.2) is 0 Å². The number of hydrogen-bond donors (Lipinski definition) is 2. The second-order valence-electron chi connectivity index (χ2n) is 7.47. The van der Waals surface area contributed by atoms with E-state index in [0.717, 1.165) is 6.54 Å². The van der Waals surface area contributed by atoms with Crippen LogP contribution >= 0.6 is 0 Å². The highest BCUT2D eigenvalue weighted by atomic mass is 15.0. The van der Waals surface area contributed by atoms with Crippen LogP contribution in [0, 0.1) is 10.8 Å². The van der Waals surface area contributed by atoms with Crippen molar-refractivity contribution in [3.05, 3.63) is 0 Å². The molecule has 0 bridgehead atoms. The molecule has 1 aliphatic rings. The van der Waals surface area contributed by atoms with Gasteiger partial charge in [-0.2, -0.15) is 0 Å². The van der Waals surface area contributed by atoms with Gasteiger partial charge in [0.25, 0.3) is 0 Å². The minimum absolute atomic E-state index is 0.366. The van der Waals surface area contributed by atoms with Crippen molar-refractivity contribution >= 4 is 0 Å². The molecule has 0 amide bonds. The molecule has 1 rings (SSSR count). The fraction of sp³-hybridized carbons (Fsp3) is 1.00. The molecule has 0 radical (unpaired) electrons. The Morgan fingerprint density at radius 1 is 1.38 bits per heavy atom. The summed E-state index contributed by atoms with van der Waals surface area (Å²) >= 11 is 0. The van der Waals surface area contributed by atoms with E-state index in [2.05, 4.69) is 39.9 Å². The molecule has 0 spiro atoms. The van der Waals surface area contributed by atoms with Crippen LogP contribution < -0.4 is 11.1 Å². The van der Waals surface area contributed by atoms with Crippen molar-refractivity contribution < 1.29 is 0 Å². The summed E-state index contributed by atoms with van der Waals surface area (Å²) in [5.74, 6) is 0. The topological polar surface area (TPSA) is 38.0 Å². The highest BCUT2D eigenvalue weighted by Gasteiger charge is 2.32. The zero-order valence-electron chi connectivity index (χ0n) is 11.8. The molecule has 2 unspecified atom stereocenters. The molecular weight excluding hydrogens is 196 g/mol. The van der Waals surface area contributed by atoms with E-state index in [4.69, 9.17) is 5.73 Å². The summed E-state index contributed by atoms with van der Waals surface area (Å²) < 4.78 is 0. The summed E-state index contributed by atoms with van der Waals surface area (Å²) in [4.78, 5) is 0. The first-order chi connectivity index (χ1) is 7.22. The Hall–Kier alpha value is -0.0800. The molecule has 2 atom stereocenters. The van der Waals surface area contributed by atoms with Gasteiger partial charge in [0.1, 0.15) is 0 Å². The minimum Gasteiger partial charge on any atom is -0.329 e. The molecule has 96 valence electrons. The molecule has 0 aromatic heterocycles. The van der Waals surface area contributed by atoms with Crippen molar-refractivity contribution in [2.75, 3.05) is 6.54 Å². The van der Waals surface area contributed by atoms with Crippen LogP contribution in [-0.4, -0.2) is 18.6 Å². The fourth-order valence-corrected chi connectivity index (χ4v) is 2.86. The highest BCUT2D eigenvalue weighted by Crippen LogP contribution is 2.37. The third-order valence-corrected chi connectivity index (χ3v) is 3.58. The quantitative estimate of drug-likeness (QED) is 0.773. The van der Waals surface area contributed by atoms with E-state index in [1.54, 1.807) is 0 Å². The Labute approximate surface area is 101 Å². The molecule has 1 saturated carbocycles. The summed E-state index contributed by atoms with van der Waals surface area (Å²) in [5.41, 5.74) is 6.76. The maximum Gasteiger partial charge on any atom is 0.0197 e. The van der Waals surface area contributed by atoms with Crippen LogP contribution in [-0.2, 0) is 0 Å². The molecule has 1 aliphatic carbocycles. The van der Waals surface area contributed by atoms with Gasteiger partial charge in [-0.1, -0.05) is 34.6 Å². The molecule has 1 fully saturated rings. The van der Waals surface area contributed by atoms with Gasteiger partial charge < -0.3 is 11.1 Å². The zero-order chi connectivity index (χ0) is 12.4. The van der Waals surface area contributed by atoms with Crippen LogP contribution in [0.2, 0.25) is 0 Å². The highest BCUT2D eigenvalue weighted by molar-refractivity contribution is 4.89. The Morgan fingerprint density at radius 3 is 2.38 bits per heavy atom. The molecule has 3 N–H and O–H groups in total. The second kappa shape index (κ2) is 5.05. The first kappa shape index (κ1) is 14.0. The molecule has 0 aliphatic heterocycles. The lowest BCUT2D eigenvalue weighted by Gasteiger charge is -2.29. The Bertz CT molecular complexity index is 215. The number of nitrogens with one attached hydrogen (secondary N) is 1. The van der Waals surface area contributed by atoms with Gasteiger partial charge in [0.2, 0.25) is 0 Å². The summed E-state index contributed by atoms with van der Waals surface area (Å²) in [7, 11) is 0. The van der Waals surface area contributed by atoms with Crippen LogP contribution in [0.5, 0.6) is 0 Å². The predicted molar refractivity (Wildman–Crippen MR) is 71.5 cm³/mol. The molecule has 2 heteroatoms. The first-order valence-electron chi connectivity index (χ1n) is 6.68. The van der Waals surface area contributed by atoms with Crippen molar-refractivity contribution in [1.29, 1.82) is 0 Å². The summed E-state index contributed by atoms with van der Waals surface area (Å²) in [5, 5.41) is 3.75. The Morgan fingerprint density at radius 2 is 2.00 bits per heavy atom. The van der Waals surface area contributed by atoms with Gasteiger partial charge in [0.15, 0.2) is 0 Å². The molecule has 0 aromatic rings. The smallest absolute Gasteiger partial charge is 0.0197 e. The van der Waals surface area contributed by atoms with Gasteiger partial charge >= 0.3 is 0 Å². The van der Waals surface area contributed by atoms with Crippen LogP contribution in [0.25, 0.3) is 0 Å². The van der Waals surface area contributed by atoms with E-state index in [9.17, 15) is 0 Å². The molecule has 0 heterocycles. The van der Waals surface area contributed by atoms with Gasteiger partial charge in [-0.05, 0) is 36.5 Å². The zero-order valence-corrected chi connectivity index (χ0v) is 11.8. The van der Waals surface area contributed by atoms with Gasteiger partial charge in [-0.3, -0.25) is 0 Å². The average Bonchev–Trinajstić information content (AvgIpc) is 2.42. The largest absolute Gasteiger partial charge is 0.329 e. The van der Waals surface area contributed by atoms with Crippen molar-refractivity contribution in [3.63, 3.8) is 0 Å². The number of rotatable bonds is 4. The minimum atomic E-state index is 0.366. The van der Waals surface area contributed by atoms with Gasteiger partial charge in [-0.15, -0.1) is 0 Å². The third-order valence-electron chi connectivity index (χ3n) is 3.58.